The fraction of sp³-hybridized carbons (Fsp3) is 0.638. The zero-order valence-corrected chi connectivity index (χ0v) is 35.3. The summed E-state index contributed by atoms with van der Waals surface area (Å²) in [6.45, 7) is 4.41. The van der Waals surface area contributed by atoms with Crippen molar-refractivity contribution in [1.29, 1.82) is 0 Å². The molecule has 0 saturated heterocycles. The lowest BCUT2D eigenvalue weighted by atomic mass is 10.1. The second-order valence-electron chi connectivity index (χ2n) is 14.8. The van der Waals surface area contributed by atoms with Crippen LogP contribution in [0, 0.1) is 0 Å². The van der Waals surface area contributed by atoms with Crippen LogP contribution in [0.25, 0.3) is 0 Å². The maximum absolute atomic E-state index is 12.7. The summed E-state index contributed by atoms with van der Waals surface area (Å²) in [5.41, 5.74) is 0. The first kappa shape index (κ1) is 51.5. The van der Waals surface area contributed by atoms with Crippen LogP contribution in [0.15, 0.2) is 85.1 Å². The van der Waals surface area contributed by atoms with Gasteiger partial charge < -0.3 is 28.6 Å². The predicted molar refractivity (Wildman–Crippen MR) is 226 cm³/mol. The molecule has 0 aliphatic rings. The number of nitrogens with zero attached hydrogens (tertiary/aromatic N) is 1. The van der Waals surface area contributed by atoms with Gasteiger partial charge in [-0.3, -0.25) is 9.59 Å². The molecule has 2 unspecified atom stereocenters. The number of hydrogen-bond acceptors (Lipinski definition) is 7. The molecule has 0 aliphatic carbocycles. The van der Waals surface area contributed by atoms with Crippen molar-refractivity contribution in [1.82, 2.24) is 0 Å². The van der Waals surface area contributed by atoms with E-state index in [1.807, 2.05) is 0 Å². The van der Waals surface area contributed by atoms with Gasteiger partial charge in [0.05, 0.1) is 40.3 Å². The van der Waals surface area contributed by atoms with E-state index in [1.165, 1.54) is 19.3 Å². The quantitative estimate of drug-likeness (QED) is 0.0271. The summed E-state index contributed by atoms with van der Waals surface area (Å²) in [5.74, 6) is -1.84. The van der Waals surface area contributed by atoms with Gasteiger partial charge in [-0.05, 0) is 77.0 Å². The van der Waals surface area contributed by atoms with Crippen molar-refractivity contribution in [2.75, 3.05) is 41.0 Å². The van der Waals surface area contributed by atoms with Gasteiger partial charge in [-0.25, -0.2) is 0 Å². The highest BCUT2D eigenvalue weighted by atomic mass is 16.6. The molecule has 0 fully saturated rings. The highest BCUT2D eigenvalue weighted by Crippen LogP contribution is 2.11. The number of unbranched alkanes of at least 4 members (excludes halogenated alkanes) is 8. The summed E-state index contributed by atoms with van der Waals surface area (Å²) < 4.78 is 17.0. The molecule has 0 amide bonds. The Labute approximate surface area is 335 Å². The molecule has 8 nitrogen and oxygen atoms in total. The average Bonchev–Trinajstić information content (AvgIpc) is 3.14. The second kappa shape index (κ2) is 37.4. The van der Waals surface area contributed by atoms with E-state index in [9.17, 15) is 19.5 Å². The molecule has 0 heterocycles. The summed E-state index contributed by atoms with van der Waals surface area (Å²) in [6, 6.07) is -0.741. The van der Waals surface area contributed by atoms with Gasteiger partial charge in [-0.15, -0.1) is 0 Å². The van der Waals surface area contributed by atoms with Gasteiger partial charge in [0.25, 0.3) is 0 Å². The number of hydrogen-bond donors (Lipinski definition) is 0. The minimum atomic E-state index is -1.14. The standard InChI is InChI=1S/C47H77NO7/c1-6-8-10-12-14-16-18-19-20-21-22-23-24-25-26-28-30-32-34-36-38-46(50)55-43(41-53-40-39-44(47(51)52)48(3,4)5)42-54-45(49)37-35-33-31-29-27-17-15-13-11-9-7-2/h8,10,13-16,19-20,22-23,25-26,30,32,43-44H,6-7,9,11-12,17-18,21,24,27-29,31,33-42H2,1-5H3/b10-8+,15-13+,16-14+,20-19+,23-22+,26-25+,32-30+. The van der Waals surface area contributed by atoms with Crippen molar-refractivity contribution in [3.05, 3.63) is 85.1 Å². The van der Waals surface area contributed by atoms with E-state index in [2.05, 4.69) is 98.9 Å². The summed E-state index contributed by atoms with van der Waals surface area (Å²) in [7, 11) is 5.37. The molecule has 0 rings (SSSR count). The van der Waals surface area contributed by atoms with Gasteiger partial charge in [0.2, 0.25) is 0 Å². The van der Waals surface area contributed by atoms with Crippen molar-refractivity contribution in [2.24, 2.45) is 0 Å². The summed E-state index contributed by atoms with van der Waals surface area (Å²) in [4.78, 5) is 36.7. The zero-order chi connectivity index (χ0) is 40.7. The Balaban J connectivity index is 4.50. The van der Waals surface area contributed by atoms with Gasteiger partial charge in [0.15, 0.2) is 6.10 Å². The van der Waals surface area contributed by atoms with Crippen molar-refractivity contribution in [2.45, 2.75) is 154 Å². The van der Waals surface area contributed by atoms with Crippen LogP contribution in [0.5, 0.6) is 0 Å². The number of rotatable bonds is 36. The van der Waals surface area contributed by atoms with Crippen LogP contribution < -0.4 is 5.11 Å². The number of carboxylic acids is 1. The first-order chi connectivity index (χ1) is 26.6. The van der Waals surface area contributed by atoms with E-state index in [0.29, 0.717) is 12.8 Å². The molecule has 0 spiro atoms. The molecule has 0 aromatic rings. The zero-order valence-electron chi connectivity index (χ0n) is 35.3. The topological polar surface area (TPSA) is 102 Å². The van der Waals surface area contributed by atoms with Gasteiger partial charge in [-0.1, -0.05) is 131 Å². The van der Waals surface area contributed by atoms with Crippen LogP contribution in [0.2, 0.25) is 0 Å². The monoisotopic (exact) mass is 768 g/mol. The van der Waals surface area contributed by atoms with Crippen molar-refractivity contribution < 1.29 is 38.2 Å². The number of carbonyl (C=O) groups is 3. The Morgan fingerprint density at radius 2 is 1.04 bits per heavy atom. The average molecular weight is 768 g/mol. The van der Waals surface area contributed by atoms with E-state index < -0.39 is 18.1 Å². The molecular formula is C47H77NO7. The van der Waals surface area contributed by atoms with Crippen LogP contribution in [0.4, 0.5) is 0 Å². The number of esters is 2. The molecule has 0 saturated carbocycles. The van der Waals surface area contributed by atoms with E-state index in [4.69, 9.17) is 14.2 Å². The molecule has 0 aromatic heterocycles. The molecule has 0 bridgehead atoms. The molecule has 2 atom stereocenters. The first-order valence-electron chi connectivity index (χ1n) is 21.1. The largest absolute Gasteiger partial charge is 0.544 e. The number of aliphatic carboxylic acids is 1. The molecule has 8 heteroatoms. The van der Waals surface area contributed by atoms with Crippen LogP contribution in [0.1, 0.15) is 142 Å². The van der Waals surface area contributed by atoms with E-state index in [-0.39, 0.29) is 49.1 Å². The number of likely N-dealkylation sites (N-methyl/N-ethyl adjacent to an activating group) is 1. The van der Waals surface area contributed by atoms with Crippen LogP contribution in [0.3, 0.4) is 0 Å². The van der Waals surface area contributed by atoms with Crippen molar-refractivity contribution in [3.63, 3.8) is 0 Å². The lowest BCUT2D eigenvalue weighted by molar-refractivity contribution is -0.889. The predicted octanol–water partition coefficient (Wildman–Crippen LogP) is 10.0. The number of quaternary nitrogens is 1. The fourth-order valence-electron chi connectivity index (χ4n) is 5.47. The highest BCUT2D eigenvalue weighted by Gasteiger charge is 2.25. The normalized spacial score (nSPS) is 13.8. The minimum Gasteiger partial charge on any atom is -0.544 e. The summed E-state index contributed by atoms with van der Waals surface area (Å²) in [5, 5.41) is 11.6. The Kier molecular flexibility index (Phi) is 35.1. The number of carbonyl (C=O) groups excluding carboxylic acids is 3. The van der Waals surface area contributed by atoms with Crippen LogP contribution >= 0.6 is 0 Å². The molecule has 0 N–H and O–H groups in total. The molecule has 312 valence electrons. The van der Waals surface area contributed by atoms with E-state index in [1.54, 1.807) is 21.1 Å². The van der Waals surface area contributed by atoms with Crippen molar-refractivity contribution >= 4 is 17.9 Å². The van der Waals surface area contributed by atoms with Gasteiger partial charge >= 0.3 is 11.9 Å². The maximum Gasteiger partial charge on any atom is 0.306 e. The second-order valence-corrected chi connectivity index (χ2v) is 14.8. The Morgan fingerprint density at radius 3 is 1.58 bits per heavy atom. The van der Waals surface area contributed by atoms with Gasteiger partial charge in [0.1, 0.15) is 12.6 Å². The Morgan fingerprint density at radius 1 is 0.564 bits per heavy atom. The summed E-state index contributed by atoms with van der Waals surface area (Å²) in [6.07, 6.45) is 47.6. The number of allylic oxidation sites excluding steroid dienone is 14. The molecule has 0 radical (unpaired) electrons. The minimum absolute atomic E-state index is 0.00989. The lowest BCUT2D eigenvalue weighted by Gasteiger charge is -2.34. The maximum atomic E-state index is 12.7. The third-order valence-corrected chi connectivity index (χ3v) is 8.77. The fourth-order valence-corrected chi connectivity index (χ4v) is 5.47. The van der Waals surface area contributed by atoms with Crippen molar-refractivity contribution in [3.8, 4) is 0 Å². The number of carboxylic acid groups (broad SMARTS) is 1. The van der Waals surface area contributed by atoms with Gasteiger partial charge in [-0.2, -0.15) is 0 Å². The third kappa shape index (κ3) is 35.9. The Hall–Kier alpha value is -3.49. The SMILES string of the molecule is CC/C=C/C/C=C/C/C=C/C/C=C/C/C=C/C/C=C/CCCC(=O)OC(COCCC(C(=O)[O-])[N+](C)(C)C)COC(=O)CCCCCCC/C=C/CCCC. The lowest BCUT2D eigenvalue weighted by Crippen LogP contribution is -2.55. The van der Waals surface area contributed by atoms with E-state index >= 15 is 0 Å². The third-order valence-electron chi connectivity index (χ3n) is 8.77. The van der Waals surface area contributed by atoms with Crippen LogP contribution in [-0.4, -0.2) is 75.5 Å². The number of ether oxygens (including phenoxy) is 3. The molecule has 55 heavy (non-hydrogen) atoms. The summed E-state index contributed by atoms with van der Waals surface area (Å²) >= 11 is 0. The van der Waals surface area contributed by atoms with Crippen LogP contribution in [-0.2, 0) is 28.6 Å². The van der Waals surface area contributed by atoms with E-state index in [0.717, 1.165) is 83.5 Å². The first-order valence-corrected chi connectivity index (χ1v) is 21.1. The highest BCUT2D eigenvalue weighted by molar-refractivity contribution is 5.70. The molecular weight excluding hydrogens is 691 g/mol. The Bertz CT molecular complexity index is 1170. The smallest absolute Gasteiger partial charge is 0.306 e. The molecule has 0 aromatic carbocycles. The molecule has 0 aliphatic heterocycles. The van der Waals surface area contributed by atoms with Gasteiger partial charge in [0, 0.05) is 19.3 Å².